The summed E-state index contributed by atoms with van der Waals surface area (Å²) >= 11 is 0. The van der Waals surface area contributed by atoms with Gasteiger partial charge >= 0.3 is 6.18 Å². The summed E-state index contributed by atoms with van der Waals surface area (Å²) in [6, 6.07) is 0. The van der Waals surface area contributed by atoms with Gasteiger partial charge in [0.1, 0.15) is 11.8 Å². The number of nitrogens with zero attached hydrogens (tertiary/aromatic N) is 2. The predicted molar refractivity (Wildman–Crippen MR) is 54.7 cm³/mol. The number of hydrogen-bond acceptors (Lipinski definition) is 3. The number of aliphatic hydroxyl groups excluding tert-OH is 1. The average molecular weight is 252 g/mol. The summed E-state index contributed by atoms with van der Waals surface area (Å²) in [5.41, 5.74) is 0.0756. The van der Waals surface area contributed by atoms with Gasteiger partial charge in [-0.3, -0.25) is 4.68 Å². The summed E-state index contributed by atoms with van der Waals surface area (Å²) in [6.07, 6.45) is -5.37. The summed E-state index contributed by atoms with van der Waals surface area (Å²) in [4.78, 5) is 0. The second-order valence-corrected chi connectivity index (χ2v) is 3.66. The number of aromatic nitrogens is 2. The van der Waals surface area contributed by atoms with Gasteiger partial charge in [-0.25, -0.2) is 0 Å². The monoisotopic (exact) mass is 252 g/mol. The van der Waals surface area contributed by atoms with E-state index in [4.69, 9.17) is 4.74 Å². The molecule has 0 radical (unpaired) electrons. The summed E-state index contributed by atoms with van der Waals surface area (Å²) < 4.78 is 42.9. The fourth-order valence-electron chi connectivity index (χ4n) is 1.58. The summed E-state index contributed by atoms with van der Waals surface area (Å²) in [5.74, 6) is 0.176. The Bertz CT molecular complexity index is 363. The second-order valence-electron chi connectivity index (χ2n) is 3.66. The first-order valence-corrected chi connectivity index (χ1v) is 5.23. The number of rotatable bonds is 5. The largest absolute Gasteiger partial charge is 0.493 e. The van der Waals surface area contributed by atoms with E-state index >= 15 is 0 Å². The molecule has 1 aromatic rings. The van der Waals surface area contributed by atoms with Crippen LogP contribution in [0.5, 0.6) is 5.75 Å². The molecule has 98 valence electrons. The summed E-state index contributed by atoms with van der Waals surface area (Å²) in [6.45, 7) is 2.31. The van der Waals surface area contributed by atoms with Gasteiger partial charge in [0.25, 0.3) is 0 Å². The van der Waals surface area contributed by atoms with Crippen molar-refractivity contribution in [2.24, 2.45) is 0 Å². The van der Waals surface area contributed by atoms with E-state index in [1.807, 2.05) is 6.92 Å². The SMILES string of the molecule is CCCn1ncc(OC)c1C(O)CC(F)(F)F. The molecular weight excluding hydrogens is 237 g/mol. The predicted octanol–water partition coefficient (Wildman–Crippen LogP) is 2.29. The molecule has 1 heterocycles. The van der Waals surface area contributed by atoms with Crippen LogP contribution in [-0.2, 0) is 6.54 Å². The highest BCUT2D eigenvalue weighted by Crippen LogP contribution is 2.33. The minimum Gasteiger partial charge on any atom is -0.493 e. The molecule has 0 aromatic carbocycles. The quantitative estimate of drug-likeness (QED) is 0.874. The molecule has 0 saturated heterocycles. The van der Waals surface area contributed by atoms with Crippen molar-refractivity contribution in [1.29, 1.82) is 0 Å². The average Bonchev–Trinajstić information content (AvgIpc) is 2.58. The van der Waals surface area contributed by atoms with E-state index in [0.717, 1.165) is 0 Å². The fourth-order valence-corrected chi connectivity index (χ4v) is 1.58. The Morgan fingerprint density at radius 1 is 1.53 bits per heavy atom. The Morgan fingerprint density at radius 2 is 2.18 bits per heavy atom. The van der Waals surface area contributed by atoms with Crippen LogP contribution in [0, 0.1) is 0 Å². The summed E-state index contributed by atoms with van der Waals surface area (Å²) in [5, 5.41) is 13.5. The number of halogens is 3. The van der Waals surface area contributed by atoms with Gasteiger partial charge in [-0.15, -0.1) is 0 Å². The van der Waals surface area contributed by atoms with Crippen LogP contribution in [0.25, 0.3) is 0 Å². The zero-order valence-corrected chi connectivity index (χ0v) is 9.66. The van der Waals surface area contributed by atoms with Crippen LogP contribution >= 0.6 is 0 Å². The lowest BCUT2D eigenvalue weighted by Gasteiger charge is -2.16. The maximum atomic E-state index is 12.2. The molecule has 0 aliphatic rings. The second kappa shape index (κ2) is 5.39. The number of hydrogen-bond donors (Lipinski definition) is 1. The van der Waals surface area contributed by atoms with Gasteiger partial charge in [-0.1, -0.05) is 6.92 Å². The Morgan fingerprint density at radius 3 is 2.65 bits per heavy atom. The van der Waals surface area contributed by atoms with Crippen molar-refractivity contribution < 1.29 is 23.0 Å². The van der Waals surface area contributed by atoms with E-state index in [1.165, 1.54) is 18.0 Å². The van der Waals surface area contributed by atoms with Gasteiger partial charge in [0, 0.05) is 6.54 Å². The van der Waals surface area contributed by atoms with Crippen molar-refractivity contribution in [1.82, 2.24) is 9.78 Å². The van der Waals surface area contributed by atoms with Crippen LogP contribution in [0.3, 0.4) is 0 Å². The van der Waals surface area contributed by atoms with Crippen LogP contribution in [0.4, 0.5) is 13.2 Å². The molecule has 0 aliphatic heterocycles. The highest BCUT2D eigenvalue weighted by molar-refractivity contribution is 5.27. The van der Waals surface area contributed by atoms with Crippen LogP contribution in [0.2, 0.25) is 0 Å². The number of methoxy groups -OCH3 is 1. The Hall–Kier alpha value is -1.24. The number of aliphatic hydroxyl groups is 1. The fraction of sp³-hybridized carbons (Fsp3) is 0.700. The van der Waals surface area contributed by atoms with Crippen molar-refractivity contribution >= 4 is 0 Å². The normalized spacial score (nSPS) is 13.8. The topological polar surface area (TPSA) is 47.3 Å². The highest BCUT2D eigenvalue weighted by Gasteiger charge is 2.34. The zero-order chi connectivity index (χ0) is 13.1. The lowest BCUT2D eigenvalue weighted by molar-refractivity contribution is -0.155. The lowest BCUT2D eigenvalue weighted by atomic mass is 10.1. The zero-order valence-electron chi connectivity index (χ0n) is 9.66. The lowest BCUT2D eigenvalue weighted by Crippen LogP contribution is -2.17. The van der Waals surface area contributed by atoms with Crippen molar-refractivity contribution in [2.75, 3.05) is 7.11 Å². The van der Waals surface area contributed by atoms with Crippen molar-refractivity contribution in [3.63, 3.8) is 0 Å². The molecule has 0 saturated carbocycles. The molecule has 1 unspecified atom stereocenters. The van der Waals surface area contributed by atoms with Crippen LogP contribution < -0.4 is 4.74 Å². The molecule has 0 bridgehead atoms. The van der Waals surface area contributed by atoms with Gasteiger partial charge in [-0.2, -0.15) is 18.3 Å². The smallest absolute Gasteiger partial charge is 0.391 e. The molecule has 0 fully saturated rings. The maximum absolute atomic E-state index is 12.2. The number of alkyl halides is 3. The van der Waals surface area contributed by atoms with E-state index in [0.29, 0.717) is 13.0 Å². The third kappa shape index (κ3) is 3.62. The Kier molecular flexibility index (Phi) is 4.39. The number of ether oxygens (including phenoxy) is 1. The maximum Gasteiger partial charge on any atom is 0.391 e. The minimum absolute atomic E-state index is 0.0756. The number of aryl methyl sites for hydroxylation is 1. The van der Waals surface area contributed by atoms with Crippen molar-refractivity contribution in [3.05, 3.63) is 11.9 Å². The molecule has 1 aromatic heterocycles. The molecule has 0 aliphatic carbocycles. The first kappa shape index (κ1) is 13.8. The van der Waals surface area contributed by atoms with Gasteiger partial charge in [0.15, 0.2) is 5.75 Å². The summed E-state index contributed by atoms with van der Waals surface area (Å²) in [7, 11) is 1.33. The van der Waals surface area contributed by atoms with E-state index in [9.17, 15) is 18.3 Å². The van der Waals surface area contributed by atoms with Crippen LogP contribution in [0.1, 0.15) is 31.6 Å². The van der Waals surface area contributed by atoms with Gasteiger partial charge < -0.3 is 9.84 Å². The third-order valence-corrected chi connectivity index (χ3v) is 2.24. The van der Waals surface area contributed by atoms with Gasteiger partial charge in [0.2, 0.25) is 0 Å². The Balaban J connectivity index is 2.96. The van der Waals surface area contributed by atoms with E-state index in [2.05, 4.69) is 5.10 Å². The molecule has 0 spiro atoms. The van der Waals surface area contributed by atoms with Crippen molar-refractivity contribution in [3.8, 4) is 5.75 Å². The molecular formula is C10H15F3N2O2. The molecule has 1 atom stereocenters. The molecule has 1 rings (SSSR count). The van der Waals surface area contributed by atoms with Crippen LogP contribution in [0.15, 0.2) is 6.20 Å². The molecule has 0 amide bonds. The molecule has 1 N–H and O–H groups in total. The molecule has 17 heavy (non-hydrogen) atoms. The van der Waals surface area contributed by atoms with Gasteiger partial charge in [-0.05, 0) is 6.42 Å². The van der Waals surface area contributed by atoms with E-state index < -0.39 is 18.7 Å². The molecule has 7 heteroatoms. The molecule has 4 nitrogen and oxygen atoms in total. The van der Waals surface area contributed by atoms with Gasteiger partial charge in [0.05, 0.1) is 19.7 Å². The van der Waals surface area contributed by atoms with E-state index in [1.54, 1.807) is 0 Å². The third-order valence-electron chi connectivity index (χ3n) is 2.24. The first-order chi connectivity index (χ1) is 7.89. The Labute approximate surface area is 97.0 Å². The standard InChI is InChI=1S/C10H15F3N2O2/c1-3-4-15-9(8(17-2)6-14-15)7(16)5-10(11,12)13/h6-7,16H,3-5H2,1-2H3. The van der Waals surface area contributed by atoms with Crippen LogP contribution in [-0.4, -0.2) is 28.2 Å². The highest BCUT2D eigenvalue weighted by atomic mass is 19.4. The minimum atomic E-state index is -4.42. The van der Waals surface area contributed by atoms with Crippen molar-refractivity contribution in [2.45, 2.75) is 38.6 Å². The van der Waals surface area contributed by atoms with E-state index in [-0.39, 0.29) is 11.4 Å². The first-order valence-electron chi connectivity index (χ1n) is 5.23.